The third kappa shape index (κ3) is 2.61. The number of aromatic nitrogens is 3. The number of aryl methyl sites for hydroxylation is 1. The van der Waals surface area contributed by atoms with Crippen LogP contribution in [0.2, 0.25) is 0 Å². The fraction of sp³-hybridized carbons (Fsp3) is 0.500. The van der Waals surface area contributed by atoms with E-state index in [0.717, 1.165) is 30.2 Å². The summed E-state index contributed by atoms with van der Waals surface area (Å²) in [4.78, 5) is 9.15. The second kappa shape index (κ2) is 5.75. The van der Waals surface area contributed by atoms with Crippen molar-refractivity contribution >= 4 is 0 Å². The first-order chi connectivity index (χ1) is 9.78. The highest BCUT2D eigenvalue weighted by Gasteiger charge is 2.23. The molecule has 2 atom stereocenters. The van der Waals surface area contributed by atoms with Crippen LogP contribution < -0.4 is 5.32 Å². The summed E-state index contributed by atoms with van der Waals surface area (Å²) in [6.45, 7) is 5.35. The summed E-state index contributed by atoms with van der Waals surface area (Å²) in [5, 5.41) is 3.58. The summed E-state index contributed by atoms with van der Waals surface area (Å²) in [5.74, 6) is 0.996. The van der Waals surface area contributed by atoms with Crippen LogP contribution in [0.15, 0.2) is 30.6 Å². The maximum absolute atomic E-state index is 4.61. The Balaban J connectivity index is 1.90. The Morgan fingerprint density at radius 2 is 2.30 bits per heavy atom. The van der Waals surface area contributed by atoms with Crippen molar-refractivity contribution in [2.24, 2.45) is 0 Å². The van der Waals surface area contributed by atoms with Gasteiger partial charge in [-0.1, -0.05) is 13.0 Å². The maximum Gasteiger partial charge on any atom is 0.158 e. The minimum absolute atomic E-state index is 0.529. The molecule has 1 fully saturated rings. The number of piperidine rings is 1. The molecule has 1 aliphatic heterocycles. The van der Waals surface area contributed by atoms with Crippen molar-refractivity contribution in [2.45, 2.75) is 45.2 Å². The van der Waals surface area contributed by atoms with Gasteiger partial charge in [0.1, 0.15) is 5.69 Å². The number of hydrogen-bond acceptors (Lipinski definition) is 3. The van der Waals surface area contributed by atoms with E-state index in [1.54, 1.807) is 0 Å². The largest absolute Gasteiger partial charge is 0.327 e. The number of hydrogen-bond donors (Lipinski definition) is 1. The van der Waals surface area contributed by atoms with E-state index in [0.29, 0.717) is 12.1 Å². The molecule has 20 heavy (non-hydrogen) atoms. The summed E-state index contributed by atoms with van der Waals surface area (Å²) in [6.07, 6.45) is 7.50. The minimum atomic E-state index is 0.529. The quantitative estimate of drug-likeness (QED) is 0.932. The standard InChI is InChI=1S/C16H22N4/c1-3-13-11-14(7-8-17-13)20-10-9-18-16(20)15-6-4-5-12(2)19-15/h4-6,9-10,13-14,17H,3,7-8,11H2,1-2H3/t13-,14-/m1/s1. The molecular weight excluding hydrogens is 248 g/mol. The van der Waals surface area contributed by atoms with Gasteiger partial charge in [0.15, 0.2) is 5.82 Å². The Kier molecular flexibility index (Phi) is 3.83. The molecule has 106 valence electrons. The van der Waals surface area contributed by atoms with Gasteiger partial charge in [-0.05, 0) is 44.9 Å². The van der Waals surface area contributed by atoms with Gasteiger partial charge in [-0.2, -0.15) is 0 Å². The van der Waals surface area contributed by atoms with Gasteiger partial charge in [-0.25, -0.2) is 9.97 Å². The molecule has 2 aromatic rings. The fourth-order valence-corrected chi connectivity index (χ4v) is 3.02. The van der Waals surface area contributed by atoms with Gasteiger partial charge in [-0.15, -0.1) is 0 Å². The lowest BCUT2D eigenvalue weighted by molar-refractivity contribution is 0.297. The average molecular weight is 270 g/mol. The van der Waals surface area contributed by atoms with Gasteiger partial charge in [-0.3, -0.25) is 0 Å². The molecule has 4 heteroatoms. The molecule has 3 heterocycles. The van der Waals surface area contributed by atoms with E-state index >= 15 is 0 Å². The van der Waals surface area contributed by atoms with Gasteiger partial charge in [0.2, 0.25) is 0 Å². The summed E-state index contributed by atoms with van der Waals surface area (Å²) in [6, 6.07) is 7.27. The van der Waals surface area contributed by atoms with Crippen LogP contribution in [0.1, 0.15) is 37.9 Å². The number of pyridine rings is 1. The van der Waals surface area contributed by atoms with Gasteiger partial charge < -0.3 is 9.88 Å². The van der Waals surface area contributed by atoms with E-state index in [1.165, 1.54) is 12.8 Å². The molecule has 2 aromatic heterocycles. The summed E-state index contributed by atoms with van der Waals surface area (Å²) < 4.78 is 2.31. The molecule has 0 radical (unpaired) electrons. The van der Waals surface area contributed by atoms with Crippen LogP contribution in [0, 0.1) is 6.92 Å². The molecule has 0 spiro atoms. The highest BCUT2D eigenvalue weighted by Crippen LogP contribution is 2.27. The Labute approximate surface area is 120 Å². The normalized spacial score (nSPS) is 22.9. The first kappa shape index (κ1) is 13.3. The van der Waals surface area contributed by atoms with E-state index in [1.807, 2.05) is 31.3 Å². The van der Waals surface area contributed by atoms with Crippen LogP contribution in [0.4, 0.5) is 0 Å². The van der Waals surface area contributed by atoms with Crippen molar-refractivity contribution < 1.29 is 0 Å². The SMILES string of the molecule is CC[C@@H]1C[C@H](n2ccnc2-c2cccc(C)n2)CCN1. The summed E-state index contributed by atoms with van der Waals surface area (Å²) in [5.41, 5.74) is 2.01. The van der Waals surface area contributed by atoms with Crippen molar-refractivity contribution in [3.8, 4) is 11.5 Å². The number of nitrogens with zero attached hydrogens (tertiary/aromatic N) is 3. The van der Waals surface area contributed by atoms with Crippen molar-refractivity contribution in [1.82, 2.24) is 19.9 Å². The zero-order chi connectivity index (χ0) is 13.9. The third-order valence-electron chi connectivity index (χ3n) is 4.14. The van der Waals surface area contributed by atoms with E-state index in [2.05, 4.69) is 33.0 Å². The van der Waals surface area contributed by atoms with Crippen LogP contribution >= 0.6 is 0 Å². The molecule has 1 aliphatic rings. The lowest BCUT2D eigenvalue weighted by Gasteiger charge is -2.31. The topological polar surface area (TPSA) is 42.7 Å². The summed E-state index contributed by atoms with van der Waals surface area (Å²) >= 11 is 0. The molecule has 0 aliphatic carbocycles. The third-order valence-corrected chi connectivity index (χ3v) is 4.14. The lowest BCUT2D eigenvalue weighted by atomic mass is 9.97. The Hall–Kier alpha value is -1.68. The maximum atomic E-state index is 4.61. The monoisotopic (exact) mass is 270 g/mol. The molecule has 1 saturated heterocycles. The molecule has 1 N–H and O–H groups in total. The molecule has 0 bridgehead atoms. The molecule has 4 nitrogen and oxygen atoms in total. The van der Waals surface area contributed by atoms with E-state index in [4.69, 9.17) is 0 Å². The van der Waals surface area contributed by atoms with E-state index in [9.17, 15) is 0 Å². The van der Waals surface area contributed by atoms with Crippen LogP contribution in [0.3, 0.4) is 0 Å². The minimum Gasteiger partial charge on any atom is -0.327 e. The predicted octanol–water partition coefficient (Wildman–Crippen LogP) is 2.96. The number of rotatable bonds is 3. The number of nitrogens with one attached hydrogen (secondary N) is 1. The second-order valence-corrected chi connectivity index (χ2v) is 5.56. The van der Waals surface area contributed by atoms with Crippen molar-refractivity contribution in [2.75, 3.05) is 6.54 Å². The first-order valence-corrected chi connectivity index (χ1v) is 7.48. The van der Waals surface area contributed by atoms with Crippen molar-refractivity contribution in [3.05, 3.63) is 36.3 Å². The molecule has 0 aromatic carbocycles. The van der Waals surface area contributed by atoms with Crippen LogP contribution in [0.5, 0.6) is 0 Å². The summed E-state index contributed by atoms with van der Waals surface area (Å²) in [7, 11) is 0. The smallest absolute Gasteiger partial charge is 0.158 e. The number of imidazole rings is 1. The highest BCUT2D eigenvalue weighted by atomic mass is 15.1. The van der Waals surface area contributed by atoms with Gasteiger partial charge >= 0.3 is 0 Å². The van der Waals surface area contributed by atoms with Crippen LogP contribution in [0.25, 0.3) is 11.5 Å². The van der Waals surface area contributed by atoms with E-state index < -0.39 is 0 Å². The van der Waals surface area contributed by atoms with Crippen molar-refractivity contribution in [1.29, 1.82) is 0 Å². The van der Waals surface area contributed by atoms with E-state index in [-0.39, 0.29) is 0 Å². The highest BCUT2D eigenvalue weighted by molar-refractivity contribution is 5.50. The van der Waals surface area contributed by atoms with Gasteiger partial charge in [0, 0.05) is 30.2 Å². The predicted molar refractivity (Wildman–Crippen MR) is 80.5 cm³/mol. The Bertz CT molecular complexity index is 575. The first-order valence-electron chi connectivity index (χ1n) is 7.48. The molecule has 0 saturated carbocycles. The Morgan fingerprint density at radius 3 is 3.10 bits per heavy atom. The zero-order valence-electron chi connectivity index (χ0n) is 12.2. The molecule has 3 rings (SSSR count). The molecule has 0 unspecified atom stereocenters. The van der Waals surface area contributed by atoms with Gasteiger partial charge in [0.05, 0.1) is 0 Å². The van der Waals surface area contributed by atoms with Crippen LogP contribution in [-0.2, 0) is 0 Å². The zero-order valence-corrected chi connectivity index (χ0v) is 12.2. The van der Waals surface area contributed by atoms with Gasteiger partial charge in [0.25, 0.3) is 0 Å². The van der Waals surface area contributed by atoms with Crippen molar-refractivity contribution in [3.63, 3.8) is 0 Å². The molecule has 0 amide bonds. The Morgan fingerprint density at radius 1 is 1.40 bits per heavy atom. The fourth-order valence-electron chi connectivity index (χ4n) is 3.02. The average Bonchev–Trinajstić information content (AvgIpc) is 2.97. The van der Waals surface area contributed by atoms with Crippen LogP contribution in [-0.4, -0.2) is 27.1 Å². The molecular formula is C16H22N4. The second-order valence-electron chi connectivity index (χ2n) is 5.56. The lowest BCUT2D eigenvalue weighted by Crippen LogP contribution is -2.38.